The molecule has 0 aliphatic carbocycles. The highest BCUT2D eigenvalue weighted by atomic mass is 79.9. The van der Waals surface area contributed by atoms with E-state index in [1.165, 1.54) is 6.07 Å². The normalized spacial score (nSPS) is 16.8. The summed E-state index contributed by atoms with van der Waals surface area (Å²) in [5.74, 6) is -0.319. The van der Waals surface area contributed by atoms with E-state index in [1.54, 1.807) is 6.07 Å². The molecule has 22 heavy (non-hydrogen) atoms. The third-order valence-electron chi connectivity index (χ3n) is 3.63. The van der Waals surface area contributed by atoms with Gasteiger partial charge in [-0.15, -0.1) is 12.4 Å². The van der Waals surface area contributed by atoms with Crippen molar-refractivity contribution in [2.75, 3.05) is 32.8 Å². The SMILES string of the molecule is Cl.O=[N+]([O-])c1cc(Br)cc([C@@H](CCO)N2CCNCC2)c1O. The maximum Gasteiger partial charge on any atom is 0.312 e. The molecule has 0 saturated carbocycles. The second-order valence-electron chi connectivity index (χ2n) is 4.93. The minimum atomic E-state index is -0.600. The number of nitro benzene ring substituents is 1. The third kappa shape index (κ3) is 4.30. The molecule has 9 heteroatoms. The first-order chi connectivity index (χ1) is 10.0. The molecule has 7 nitrogen and oxygen atoms in total. The van der Waals surface area contributed by atoms with Crippen LogP contribution in [0.2, 0.25) is 0 Å². The van der Waals surface area contributed by atoms with Crippen molar-refractivity contribution in [3.63, 3.8) is 0 Å². The predicted octanol–water partition coefficient (Wildman–Crippen LogP) is 1.81. The van der Waals surface area contributed by atoms with E-state index in [1.807, 2.05) is 0 Å². The smallest absolute Gasteiger partial charge is 0.312 e. The fraction of sp³-hybridized carbons (Fsp3) is 0.538. The number of hydrogen-bond donors (Lipinski definition) is 3. The molecule has 1 aliphatic heterocycles. The van der Waals surface area contributed by atoms with Crippen LogP contribution in [0.15, 0.2) is 16.6 Å². The molecule has 1 aromatic rings. The largest absolute Gasteiger partial charge is 0.502 e. The molecule has 0 aromatic heterocycles. The van der Waals surface area contributed by atoms with E-state index in [-0.39, 0.29) is 36.5 Å². The van der Waals surface area contributed by atoms with Crippen LogP contribution in [0.4, 0.5) is 5.69 Å². The molecule has 0 radical (unpaired) electrons. The van der Waals surface area contributed by atoms with Crippen LogP contribution in [0.5, 0.6) is 5.75 Å². The topological polar surface area (TPSA) is 98.9 Å². The van der Waals surface area contributed by atoms with E-state index in [0.29, 0.717) is 16.5 Å². The van der Waals surface area contributed by atoms with E-state index in [9.17, 15) is 20.3 Å². The lowest BCUT2D eigenvalue weighted by molar-refractivity contribution is -0.386. The van der Waals surface area contributed by atoms with E-state index in [0.717, 1.165) is 26.2 Å². The van der Waals surface area contributed by atoms with E-state index in [2.05, 4.69) is 26.1 Å². The molecule has 0 spiro atoms. The Balaban J connectivity index is 0.00000242. The van der Waals surface area contributed by atoms with Gasteiger partial charge in [0.2, 0.25) is 0 Å². The maximum absolute atomic E-state index is 11.0. The number of aliphatic hydroxyl groups excluding tert-OH is 1. The summed E-state index contributed by atoms with van der Waals surface area (Å²) in [6.07, 6.45) is 0.418. The Bertz CT molecular complexity index is 526. The van der Waals surface area contributed by atoms with Crippen molar-refractivity contribution in [2.45, 2.75) is 12.5 Å². The minimum Gasteiger partial charge on any atom is -0.502 e. The lowest BCUT2D eigenvalue weighted by Crippen LogP contribution is -2.45. The number of nitro groups is 1. The Hall–Kier alpha value is -0.930. The van der Waals surface area contributed by atoms with Crippen LogP contribution in [0.3, 0.4) is 0 Å². The van der Waals surface area contributed by atoms with E-state index in [4.69, 9.17) is 0 Å². The summed E-state index contributed by atoms with van der Waals surface area (Å²) in [6, 6.07) is 2.73. The minimum absolute atomic E-state index is 0. The van der Waals surface area contributed by atoms with Crippen molar-refractivity contribution in [3.05, 3.63) is 32.3 Å². The highest BCUT2D eigenvalue weighted by molar-refractivity contribution is 9.10. The Labute approximate surface area is 143 Å². The van der Waals surface area contributed by atoms with Crippen LogP contribution >= 0.6 is 28.3 Å². The van der Waals surface area contributed by atoms with Gasteiger partial charge >= 0.3 is 5.69 Å². The summed E-state index contributed by atoms with van der Waals surface area (Å²) >= 11 is 3.25. The van der Waals surface area contributed by atoms with Gasteiger partial charge in [-0.25, -0.2) is 0 Å². The molecule has 1 fully saturated rings. The molecule has 3 N–H and O–H groups in total. The fourth-order valence-electron chi connectivity index (χ4n) is 2.65. The number of nitrogens with one attached hydrogen (secondary N) is 1. The van der Waals surface area contributed by atoms with Gasteiger partial charge < -0.3 is 15.5 Å². The first-order valence-corrected chi connectivity index (χ1v) is 7.56. The van der Waals surface area contributed by atoms with Crippen molar-refractivity contribution in [3.8, 4) is 5.75 Å². The van der Waals surface area contributed by atoms with Crippen molar-refractivity contribution in [1.82, 2.24) is 10.2 Å². The highest BCUT2D eigenvalue weighted by Crippen LogP contribution is 2.39. The van der Waals surface area contributed by atoms with Gasteiger partial charge in [0.15, 0.2) is 5.75 Å². The van der Waals surface area contributed by atoms with Gasteiger partial charge in [-0.3, -0.25) is 15.0 Å². The van der Waals surface area contributed by atoms with Crippen LogP contribution in [0.1, 0.15) is 18.0 Å². The molecule has 1 atom stereocenters. The Morgan fingerprint density at radius 3 is 2.59 bits per heavy atom. The van der Waals surface area contributed by atoms with Crippen LogP contribution in [0.25, 0.3) is 0 Å². The number of benzene rings is 1. The van der Waals surface area contributed by atoms with Gasteiger partial charge in [0.05, 0.1) is 4.92 Å². The number of hydrogen-bond acceptors (Lipinski definition) is 6. The summed E-state index contributed by atoms with van der Waals surface area (Å²) in [5, 5.41) is 33.8. The Kier molecular flexibility index (Phi) is 7.51. The summed E-state index contributed by atoms with van der Waals surface area (Å²) in [6.45, 7) is 3.13. The van der Waals surface area contributed by atoms with Crippen molar-refractivity contribution in [2.24, 2.45) is 0 Å². The van der Waals surface area contributed by atoms with Gasteiger partial charge in [0.25, 0.3) is 0 Å². The predicted molar refractivity (Wildman–Crippen MR) is 88.6 cm³/mol. The zero-order valence-corrected chi connectivity index (χ0v) is 14.3. The standard InChI is InChI=1S/C13H18BrN3O4.ClH/c14-9-7-10(13(19)12(8-9)17(20)21)11(1-6-18)16-4-2-15-3-5-16;/h7-8,11,15,18-19H,1-6H2;1H/t11-;/m1./s1. The molecule has 1 saturated heterocycles. The molecular weight excluding hydrogens is 378 g/mol. The second kappa shape index (κ2) is 8.64. The monoisotopic (exact) mass is 395 g/mol. The van der Waals surface area contributed by atoms with Gasteiger partial charge in [0, 0.05) is 54.9 Å². The molecule has 0 amide bonds. The van der Waals surface area contributed by atoms with Crippen molar-refractivity contribution >= 4 is 34.0 Å². The van der Waals surface area contributed by atoms with Gasteiger partial charge in [-0.2, -0.15) is 0 Å². The van der Waals surface area contributed by atoms with Crippen LogP contribution in [0, 0.1) is 10.1 Å². The average molecular weight is 397 g/mol. The van der Waals surface area contributed by atoms with Crippen LogP contribution in [-0.4, -0.2) is 52.8 Å². The number of rotatable bonds is 5. The first kappa shape index (κ1) is 19.1. The maximum atomic E-state index is 11.0. The molecule has 1 aliphatic rings. The number of nitrogens with zero attached hydrogens (tertiary/aromatic N) is 2. The fourth-order valence-corrected chi connectivity index (χ4v) is 3.11. The Morgan fingerprint density at radius 1 is 1.41 bits per heavy atom. The highest BCUT2D eigenvalue weighted by Gasteiger charge is 2.28. The average Bonchev–Trinajstić information content (AvgIpc) is 2.47. The van der Waals surface area contributed by atoms with Crippen molar-refractivity contribution < 1.29 is 15.1 Å². The number of aromatic hydroxyl groups is 1. The molecule has 1 heterocycles. The van der Waals surface area contributed by atoms with Gasteiger partial charge in [0.1, 0.15) is 0 Å². The third-order valence-corrected chi connectivity index (χ3v) is 4.09. The lowest BCUT2D eigenvalue weighted by atomic mass is 9.99. The zero-order valence-electron chi connectivity index (χ0n) is 11.9. The first-order valence-electron chi connectivity index (χ1n) is 6.77. The molecule has 0 bridgehead atoms. The zero-order chi connectivity index (χ0) is 15.4. The number of phenols is 1. The summed E-state index contributed by atoms with van der Waals surface area (Å²) in [5.41, 5.74) is 0.157. The van der Waals surface area contributed by atoms with Crippen LogP contribution in [-0.2, 0) is 0 Å². The van der Waals surface area contributed by atoms with Crippen molar-refractivity contribution in [1.29, 1.82) is 0 Å². The molecular formula is C13H19BrClN3O4. The van der Waals surface area contributed by atoms with Gasteiger partial charge in [-0.05, 0) is 12.5 Å². The van der Waals surface area contributed by atoms with E-state index >= 15 is 0 Å². The Morgan fingerprint density at radius 2 is 2.05 bits per heavy atom. The summed E-state index contributed by atoms with van der Waals surface area (Å²) in [7, 11) is 0. The molecule has 2 rings (SSSR count). The van der Waals surface area contributed by atoms with Crippen LogP contribution < -0.4 is 5.32 Å². The molecule has 124 valence electrons. The van der Waals surface area contributed by atoms with Gasteiger partial charge in [-0.1, -0.05) is 15.9 Å². The number of halogens is 2. The number of aliphatic hydroxyl groups is 1. The lowest BCUT2D eigenvalue weighted by Gasteiger charge is -2.35. The molecule has 1 aromatic carbocycles. The second-order valence-corrected chi connectivity index (χ2v) is 5.85. The quantitative estimate of drug-likeness (QED) is 0.519. The summed E-state index contributed by atoms with van der Waals surface area (Å²) in [4.78, 5) is 12.6. The summed E-state index contributed by atoms with van der Waals surface area (Å²) < 4.78 is 0.542. The number of phenolic OH excluding ortho intramolecular Hbond substituents is 1. The van der Waals surface area contributed by atoms with E-state index < -0.39 is 4.92 Å². The number of piperazine rings is 1. The molecule has 0 unspecified atom stereocenters.